The van der Waals surface area contributed by atoms with Crippen LogP contribution in [0.3, 0.4) is 0 Å². The van der Waals surface area contributed by atoms with E-state index in [0.29, 0.717) is 5.69 Å². The van der Waals surface area contributed by atoms with Crippen molar-refractivity contribution in [2.45, 2.75) is 16.5 Å². The molecule has 0 aliphatic rings. The van der Waals surface area contributed by atoms with Gasteiger partial charge in [0.25, 0.3) is 0 Å². The van der Waals surface area contributed by atoms with Crippen molar-refractivity contribution in [2.75, 3.05) is 5.73 Å². The molecule has 6 heteroatoms. The number of anilines is 1. The standard InChI is InChI=1S/C6H7NS2.CHF3/c7-5-3-4(8)1-2-6(5)9;2-1(3)4/h1-3,8-9H,7H2;1H. The zero-order valence-electron chi connectivity index (χ0n) is 6.42. The van der Waals surface area contributed by atoms with E-state index in [-0.39, 0.29) is 0 Å². The van der Waals surface area contributed by atoms with E-state index in [1.165, 1.54) is 0 Å². The summed E-state index contributed by atoms with van der Waals surface area (Å²) in [5.74, 6) is 0. The van der Waals surface area contributed by atoms with Crippen LogP contribution in [0.1, 0.15) is 0 Å². The third-order valence-corrected chi connectivity index (χ3v) is 1.70. The lowest BCUT2D eigenvalue weighted by atomic mass is 10.3. The third kappa shape index (κ3) is 6.65. The number of hydrogen-bond donors (Lipinski definition) is 3. The largest absolute Gasteiger partial charge is 0.398 e. The molecule has 1 aromatic carbocycles. The van der Waals surface area contributed by atoms with Crippen LogP contribution < -0.4 is 5.73 Å². The Morgan fingerprint density at radius 1 is 1.15 bits per heavy atom. The zero-order chi connectivity index (χ0) is 10.4. The normalized spacial score (nSPS) is 9.38. The second-order valence-corrected chi connectivity index (χ2v) is 2.99. The molecule has 13 heavy (non-hydrogen) atoms. The van der Waals surface area contributed by atoms with Gasteiger partial charge in [-0.3, -0.25) is 0 Å². The number of benzene rings is 1. The number of thiol groups is 2. The van der Waals surface area contributed by atoms with Gasteiger partial charge in [0.1, 0.15) is 0 Å². The summed E-state index contributed by atoms with van der Waals surface area (Å²) in [5, 5.41) is 0. The number of nitrogen functional groups attached to an aromatic ring is 1. The van der Waals surface area contributed by atoms with Gasteiger partial charge in [-0.05, 0) is 18.2 Å². The average molecular weight is 227 g/mol. The Kier molecular flexibility index (Phi) is 5.81. The molecule has 1 rings (SSSR count). The van der Waals surface area contributed by atoms with E-state index in [1.54, 1.807) is 6.07 Å². The summed E-state index contributed by atoms with van der Waals surface area (Å²) in [6.07, 6.45) is 0. The van der Waals surface area contributed by atoms with Crippen LogP contribution in [0.5, 0.6) is 0 Å². The first-order valence-electron chi connectivity index (χ1n) is 3.13. The summed E-state index contributed by atoms with van der Waals surface area (Å²) in [4.78, 5) is 1.66. The number of rotatable bonds is 0. The number of hydrogen-bond acceptors (Lipinski definition) is 3. The monoisotopic (exact) mass is 227 g/mol. The van der Waals surface area contributed by atoms with Crippen molar-refractivity contribution in [1.82, 2.24) is 0 Å². The maximum Gasteiger partial charge on any atom is 0.379 e. The van der Waals surface area contributed by atoms with E-state index >= 15 is 0 Å². The second-order valence-electron chi connectivity index (χ2n) is 1.99. The molecule has 0 spiro atoms. The summed E-state index contributed by atoms with van der Waals surface area (Å²) >= 11 is 8.17. The van der Waals surface area contributed by atoms with Crippen molar-refractivity contribution in [2.24, 2.45) is 0 Å². The smallest absolute Gasteiger partial charge is 0.379 e. The van der Waals surface area contributed by atoms with E-state index in [4.69, 9.17) is 5.73 Å². The zero-order valence-corrected chi connectivity index (χ0v) is 8.20. The minimum Gasteiger partial charge on any atom is -0.398 e. The number of nitrogens with two attached hydrogens (primary N) is 1. The first-order chi connectivity index (χ1) is 5.93. The fourth-order valence-corrected chi connectivity index (χ4v) is 0.895. The summed E-state index contributed by atoms with van der Waals surface area (Å²) in [6.45, 7) is -3.67. The molecule has 1 aromatic rings. The summed E-state index contributed by atoms with van der Waals surface area (Å²) in [7, 11) is 0. The quantitative estimate of drug-likeness (QED) is 0.461. The van der Waals surface area contributed by atoms with E-state index in [1.807, 2.05) is 12.1 Å². The van der Waals surface area contributed by atoms with Gasteiger partial charge in [-0.2, -0.15) is 13.2 Å². The third-order valence-electron chi connectivity index (χ3n) is 1.01. The van der Waals surface area contributed by atoms with Crippen molar-refractivity contribution < 1.29 is 13.2 Å². The van der Waals surface area contributed by atoms with E-state index in [2.05, 4.69) is 25.3 Å². The molecule has 74 valence electrons. The van der Waals surface area contributed by atoms with Crippen LogP contribution in [0.15, 0.2) is 28.0 Å². The molecule has 0 heterocycles. The van der Waals surface area contributed by atoms with Crippen molar-refractivity contribution >= 4 is 30.9 Å². The molecule has 0 unspecified atom stereocenters. The molecule has 0 atom stereocenters. The Morgan fingerprint density at radius 3 is 1.92 bits per heavy atom. The predicted octanol–water partition coefficient (Wildman–Crippen LogP) is 3.02. The van der Waals surface area contributed by atoms with Gasteiger partial charge in [-0.25, -0.2) is 0 Å². The van der Waals surface area contributed by atoms with Crippen LogP contribution in [-0.4, -0.2) is 6.68 Å². The average Bonchev–Trinajstić information content (AvgIpc) is 1.96. The Hall–Kier alpha value is -0.490. The number of alkyl halides is 3. The molecule has 0 aliphatic heterocycles. The van der Waals surface area contributed by atoms with Crippen molar-refractivity contribution in [3.8, 4) is 0 Å². The predicted molar refractivity (Wildman–Crippen MR) is 52.5 cm³/mol. The Balaban J connectivity index is 0.000000310. The molecule has 0 aromatic heterocycles. The van der Waals surface area contributed by atoms with Crippen LogP contribution in [-0.2, 0) is 0 Å². The maximum atomic E-state index is 9.67. The molecule has 0 aliphatic carbocycles. The number of halogens is 3. The van der Waals surface area contributed by atoms with Gasteiger partial charge >= 0.3 is 6.68 Å². The maximum absolute atomic E-state index is 9.67. The molecular weight excluding hydrogens is 219 g/mol. The molecular formula is C7H8F3NS2. The molecule has 0 amide bonds. The minimum absolute atomic E-state index is 0.672. The molecule has 1 nitrogen and oxygen atoms in total. The van der Waals surface area contributed by atoms with Crippen LogP contribution in [0, 0.1) is 0 Å². The van der Waals surface area contributed by atoms with Crippen LogP contribution in [0.2, 0.25) is 0 Å². The first-order valence-corrected chi connectivity index (χ1v) is 4.02. The second kappa shape index (κ2) is 6.04. The van der Waals surface area contributed by atoms with E-state index in [0.717, 1.165) is 9.79 Å². The van der Waals surface area contributed by atoms with Gasteiger partial charge in [-0.1, -0.05) is 0 Å². The van der Waals surface area contributed by atoms with Gasteiger partial charge in [0.2, 0.25) is 0 Å². The topological polar surface area (TPSA) is 26.0 Å². The first kappa shape index (κ1) is 12.5. The lowest BCUT2D eigenvalue weighted by Crippen LogP contribution is -1.85. The highest BCUT2D eigenvalue weighted by Gasteiger charge is 1.91. The van der Waals surface area contributed by atoms with Gasteiger partial charge < -0.3 is 5.73 Å². The van der Waals surface area contributed by atoms with Gasteiger partial charge in [-0.15, -0.1) is 25.3 Å². The fraction of sp³-hybridized carbons (Fsp3) is 0.143. The summed E-state index contributed by atoms with van der Waals surface area (Å²) in [6, 6.07) is 5.44. The Labute approximate surface area is 84.9 Å². The minimum atomic E-state index is -3.67. The Bertz CT molecular complexity index is 265. The lowest BCUT2D eigenvalue weighted by molar-refractivity contribution is 0.00819. The van der Waals surface area contributed by atoms with Crippen LogP contribution in [0.25, 0.3) is 0 Å². The highest BCUT2D eigenvalue weighted by atomic mass is 32.1. The summed E-state index contributed by atoms with van der Waals surface area (Å²) in [5.41, 5.74) is 6.17. The fourth-order valence-electron chi connectivity index (χ4n) is 0.542. The molecule has 0 bridgehead atoms. The van der Waals surface area contributed by atoms with Gasteiger partial charge in [0.05, 0.1) is 0 Å². The summed E-state index contributed by atoms with van der Waals surface area (Å²) < 4.78 is 29.0. The molecule has 0 saturated carbocycles. The molecule has 2 N–H and O–H groups in total. The van der Waals surface area contributed by atoms with Crippen molar-refractivity contribution in [1.29, 1.82) is 0 Å². The highest BCUT2D eigenvalue weighted by Crippen LogP contribution is 2.19. The highest BCUT2D eigenvalue weighted by molar-refractivity contribution is 7.80. The van der Waals surface area contributed by atoms with Gasteiger partial charge in [0.15, 0.2) is 0 Å². The van der Waals surface area contributed by atoms with E-state index in [9.17, 15) is 13.2 Å². The van der Waals surface area contributed by atoms with Crippen LogP contribution in [0.4, 0.5) is 18.9 Å². The molecule has 0 radical (unpaired) electrons. The van der Waals surface area contributed by atoms with E-state index < -0.39 is 6.68 Å². The SMILES string of the molecule is FC(F)F.Nc1cc(S)ccc1S. The molecule has 0 fully saturated rings. The van der Waals surface area contributed by atoms with Gasteiger partial charge in [0, 0.05) is 15.5 Å². The van der Waals surface area contributed by atoms with Crippen molar-refractivity contribution in [3.05, 3.63) is 18.2 Å². The molecule has 0 saturated heterocycles. The van der Waals surface area contributed by atoms with Crippen LogP contribution >= 0.6 is 25.3 Å². The Morgan fingerprint density at radius 2 is 1.62 bits per heavy atom. The lowest BCUT2D eigenvalue weighted by Gasteiger charge is -1.97. The van der Waals surface area contributed by atoms with Crippen molar-refractivity contribution in [3.63, 3.8) is 0 Å².